The van der Waals surface area contributed by atoms with Gasteiger partial charge in [0.05, 0.1) is 36.8 Å². The maximum atomic E-state index is 11.6. The van der Waals surface area contributed by atoms with Gasteiger partial charge in [0.15, 0.2) is 23.0 Å². The molecule has 0 spiro atoms. The van der Waals surface area contributed by atoms with Gasteiger partial charge in [0, 0.05) is 6.54 Å². The number of nitro groups is 1. The molecule has 0 bridgehead atoms. The Morgan fingerprint density at radius 2 is 1.77 bits per heavy atom. The second-order valence-corrected chi connectivity index (χ2v) is 6.06. The van der Waals surface area contributed by atoms with Gasteiger partial charge in [0.25, 0.3) is 5.69 Å². The highest BCUT2D eigenvalue weighted by molar-refractivity contribution is 5.60. The van der Waals surface area contributed by atoms with Gasteiger partial charge in [-0.05, 0) is 35.7 Å². The first-order valence-electron chi connectivity index (χ1n) is 8.18. The summed E-state index contributed by atoms with van der Waals surface area (Å²) in [5.41, 5.74) is 2.52. The molecule has 2 aromatic rings. The van der Waals surface area contributed by atoms with Crippen LogP contribution in [-0.2, 0) is 6.42 Å². The number of hydrogen-bond donors (Lipinski definition) is 1. The summed E-state index contributed by atoms with van der Waals surface area (Å²) >= 11 is 0. The molecule has 2 aliphatic heterocycles. The van der Waals surface area contributed by atoms with E-state index in [2.05, 4.69) is 5.32 Å². The highest BCUT2D eigenvalue weighted by atomic mass is 16.7. The molecule has 0 saturated carbocycles. The fraction of sp³-hybridized carbons (Fsp3) is 0.333. The van der Waals surface area contributed by atoms with Crippen LogP contribution in [0.3, 0.4) is 0 Å². The van der Waals surface area contributed by atoms with Crippen molar-refractivity contribution in [2.24, 2.45) is 0 Å². The Balaban J connectivity index is 1.87. The number of nitro benzene ring substituents is 1. The zero-order valence-electron chi connectivity index (χ0n) is 14.4. The van der Waals surface area contributed by atoms with E-state index >= 15 is 0 Å². The Bertz CT molecular complexity index is 882. The quantitative estimate of drug-likeness (QED) is 0.663. The van der Waals surface area contributed by atoms with Gasteiger partial charge in [-0.25, -0.2) is 0 Å². The van der Waals surface area contributed by atoms with Crippen molar-refractivity contribution in [2.75, 3.05) is 27.6 Å². The van der Waals surface area contributed by atoms with E-state index in [4.69, 9.17) is 18.9 Å². The molecule has 0 saturated heterocycles. The normalized spacial score (nSPS) is 17.5. The van der Waals surface area contributed by atoms with Crippen molar-refractivity contribution < 1.29 is 23.9 Å². The number of rotatable bonds is 4. The molecule has 2 aliphatic rings. The van der Waals surface area contributed by atoms with Gasteiger partial charge in [0.1, 0.15) is 0 Å². The fourth-order valence-corrected chi connectivity index (χ4v) is 3.50. The summed E-state index contributed by atoms with van der Waals surface area (Å²) in [5, 5.41) is 15.0. The molecule has 1 N–H and O–H groups in total. The summed E-state index contributed by atoms with van der Waals surface area (Å²) in [6.07, 6.45) is 0.796. The lowest BCUT2D eigenvalue weighted by atomic mass is 9.88. The number of fused-ring (bicyclic) bond motifs is 2. The third kappa shape index (κ3) is 2.59. The maximum absolute atomic E-state index is 11.6. The largest absolute Gasteiger partial charge is 0.493 e. The molecule has 0 unspecified atom stereocenters. The van der Waals surface area contributed by atoms with Crippen LogP contribution >= 0.6 is 0 Å². The monoisotopic (exact) mass is 358 g/mol. The number of methoxy groups -OCH3 is 2. The van der Waals surface area contributed by atoms with E-state index in [0.29, 0.717) is 35.1 Å². The van der Waals surface area contributed by atoms with E-state index in [1.807, 2.05) is 12.1 Å². The minimum atomic E-state index is -0.395. The van der Waals surface area contributed by atoms with Gasteiger partial charge in [-0.3, -0.25) is 10.1 Å². The predicted molar refractivity (Wildman–Crippen MR) is 92.3 cm³/mol. The zero-order valence-corrected chi connectivity index (χ0v) is 14.4. The molecule has 0 radical (unpaired) electrons. The molecule has 0 amide bonds. The van der Waals surface area contributed by atoms with Crippen molar-refractivity contribution in [3.8, 4) is 23.0 Å². The van der Waals surface area contributed by atoms with Crippen LogP contribution in [0.5, 0.6) is 23.0 Å². The summed E-state index contributed by atoms with van der Waals surface area (Å²) in [6.45, 7) is 0.758. The van der Waals surface area contributed by atoms with E-state index in [-0.39, 0.29) is 18.5 Å². The van der Waals surface area contributed by atoms with Crippen molar-refractivity contribution in [2.45, 2.75) is 12.5 Å². The Hall–Kier alpha value is -3.00. The van der Waals surface area contributed by atoms with Gasteiger partial charge in [-0.15, -0.1) is 0 Å². The maximum Gasteiger partial charge on any atom is 0.278 e. The van der Waals surface area contributed by atoms with Gasteiger partial charge in [0.2, 0.25) is 6.79 Å². The minimum Gasteiger partial charge on any atom is -0.493 e. The highest BCUT2D eigenvalue weighted by Gasteiger charge is 2.32. The summed E-state index contributed by atoms with van der Waals surface area (Å²) in [6, 6.07) is 6.56. The molecule has 1 atom stereocenters. The first kappa shape index (κ1) is 16.5. The lowest BCUT2D eigenvalue weighted by Gasteiger charge is -2.28. The van der Waals surface area contributed by atoms with Crippen molar-refractivity contribution >= 4 is 5.69 Å². The van der Waals surface area contributed by atoms with E-state index in [9.17, 15) is 10.1 Å². The minimum absolute atomic E-state index is 0.00520. The SMILES string of the molecule is COc1cc2c(cc1OC)[C@H](c1cc3c(cc1[N+](=O)[O-])OCO3)NCC2. The number of benzene rings is 2. The molecule has 136 valence electrons. The van der Waals surface area contributed by atoms with Crippen molar-refractivity contribution in [1.82, 2.24) is 5.32 Å². The second kappa shape index (κ2) is 6.38. The predicted octanol–water partition coefficient (Wildman–Crippen LogP) is 2.58. The van der Waals surface area contributed by atoms with Gasteiger partial charge < -0.3 is 24.3 Å². The topological polar surface area (TPSA) is 92.1 Å². The Morgan fingerprint density at radius 1 is 1.08 bits per heavy atom. The molecule has 2 heterocycles. The summed E-state index contributed by atoms with van der Waals surface area (Å²) in [5.74, 6) is 2.14. The fourth-order valence-electron chi connectivity index (χ4n) is 3.50. The van der Waals surface area contributed by atoms with Crippen molar-refractivity contribution in [3.05, 3.63) is 51.1 Å². The summed E-state index contributed by atoms with van der Waals surface area (Å²) in [7, 11) is 3.16. The standard InChI is InChI=1S/C18H18N2O6/c1-23-14-5-10-3-4-19-18(11(10)6-15(14)24-2)12-7-16-17(26-9-25-16)8-13(12)20(21)22/h5-8,18-19H,3-4,9H2,1-2H3/t18-/m1/s1. The van der Waals surface area contributed by atoms with Crippen LogP contribution in [0.4, 0.5) is 5.69 Å². The van der Waals surface area contributed by atoms with Gasteiger partial charge in [-0.2, -0.15) is 0 Å². The lowest BCUT2D eigenvalue weighted by molar-refractivity contribution is -0.385. The van der Waals surface area contributed by atoms with Crippen LogP contribution in [-0.4, -0.2) is 32.5 Å². The molecule has 0 aliphatic carbocycles. The van der Waals surface area contributed by atoms with E-state index < -0.39 is 4.92 Å². The third-order valence-electron chi connectivity index (χ3n) is 4.73. The smallest absolute Gasteiger partial charge is 0.278 e. The first-order valence-corrected chi connectivity index (χ1v) is 8.18. The second-order valence-electron chi connectivity index (χ2n) is 6.06. The zero-order chi connectivity index (χ0) is 18.3. The Labute approximate surface area is 149 Å². The lowest BCUT2D eigenvalue weighted by Crippen LogP contribution is -2.31. The van der Waals surface area contributed by atoms with E-state index in [1.54, 1.807) is 20.3 Å². The van der Waals surface area contributed by atoms with Crippen LogP contribution in [0.25, 0.3) is 0 Å². The number of nitrogens with one attached hydrogen (secondary N) is 1. The molecule has 0 fully saturated rings. The van der Waals surface area contributed by atoms with Crippen LogP contribution in [0.1, 0.15) is 22.7 Å². The molecular weight excluding hydrogens is 340 g/mol. The molecule has 26 heavy (non-hydrogen) atoms. The van der Waals surface area contributed by atoms with Gasteiger partial charge in [-0.1, -0.05) is 0 Å². The average molecular weight is 358 g/mol. The number of nitrogens with zero attached hydrogens (tertiary/aromatic N) is 1. The van der Waals surface area contributed by atoms with Crippen LogP contribution < -0.4 is 24.3 Å². The van der Waals surface area contributed by atoms with Crippen LogP contribution in [0, 0.1) is 10.1 Å². The van der Waals surface area contributed by atoms with Crippen molar-refractivity contribution in [3.63, 3.8) is 0 Å². The molecule has 2 aromatic carbocycles. The molecule has 4 rings (SSSR count). The van der Waals surface area contributed by atoms with Gasteiger partial charge >= 0.3 is 0 Å². The van der Waals surface area contributed by atoms with Crippen molar-refractivity contribution in [1.29, 1.82) is 0 Å². The number of ether oxygens (including phenoxy) is 4. The third-order valence-corrected chi connectivity index (χ3v) is 4.73. The summed E-state index contributed by atoms with van der Waals surface area (Å²) < 4.78 is 21.5. The molecule has 8 heteroatoms. The van der Waals surface area contributed by atoms with Crippen LogP contribution in [0.2, 0.25) is 0 Å². The highest BCUT2D eigenvalue weighted by Crippen LogP contribution is 2.44. The average Bonchev–Trinajstić information content (AvgIpc) is 3.12. The van der Waals surface area contributed by atoms with Crippen LogP contribution in [0.15, 0.2) is 24.3 Å². The molecular formula is C18H18N2O6. The first-order chi connectivity index (χ1) is 12.6. The Morgan fingerprint density at radius 3 is 2.46 bits per heavy atom. The number of hydrogen-bond acceptors (Lipinski definition) is 7. The van der Waals surface area contributed by atoms with E-state index in [0.717, 1.165) is 17.5 Å². The van der Waals surface area contributed by atoms with E-state index in [1.165, 1.54) is 6.07 Å². The summed E-state index contributed by atoms with van der Waals surface area (Å²) in [4.78, 5) is 11.2. The Kier molecular flexibility index (Phi) is 4.04. The molecule has 0 aromatic heterocycles. The molecule has 8 nitrogen and oxygen atoms in total.